The van der Waals surface area contributed by atoms with Gasteiger partial charge in [-0.2, -0.15) is 5.26 Å². The fourth-order valence-corrected chi connectivity index (χ4v) is 3.96. The van der Waals surface area contributed by atoms with Crippen molar-refractivity contribution in [1.29, 1.82) is 5.26 Å². The minimum absolute atomic E-state index is 0.175. The lowest BCUT2D eigenvalue weighted by atomic mass is 10.0. The van der Waals surface area contributed by atoms with E-state index in [0.29, 0.717) is 0 Å². The van der Waals surface area contributed by atoms with Gasteiger partial charge in [0.1, 0.15) is 0 Å². The zero-order chi connectivity index (χ0) is 9.71. The predicted octanol–water partition coefficient (Wildman–Crippen LogP) is 1.78. The van der Waals surface area contributed by atoms with Gasteiger partial charge in [0.15, 0.2) is 0 Å². The molecule has 0 heterocycles. The maximum atomic E-state index is 8.70. The van der Waals surface area contributed by atoms with Gasteiger partial charge in [-0.1, -0.05) is 0 Å². The summed E-state index contributed by atoms with van der Waals surface area (Å²) in [5, 5.41) is 12.3. The molecule has 5 unspecified atom stereocenters. The van der Waals surface area contributed by atoms with Gasteiger partial charge in [-0.05, 0) is 49.9 Å². The Kier molecular flexibility index (Phi) is 1.85. The monoisotopic (exact) mass is 190 g/mol. The average Bonchev–Trinajstić information content (AvgIpc) is 2.60. The van der Waals surface area contributed by atoms with Crippen molar-refractivity contribution in [3.63, 3.8) is 0 Å². The largest absolute Gasteiger partial charge is 0.312 e. The summed E-state index contributed by atoms with van der Waals surface area (Å²) in [6.45, 7) is 2.90. The molecule has 2 bridgehead atoms. The van der Waals surface area contributed by atoms with E-state index in [4.69, 9.17) is 5.26 Å². The van der Waals surface area contributed by atoms with Gasteiger partial charge in [0.2, 0.25) is 0 Å². The average molecular weight is 190 g/mol. The van der Waals surface area contributed by atoms with E-state index in [1.54, 1.807) is 0 Å². The van der Waals surface area contributed by atoms with Crippen LogP contribution in [0.2, 0.25) is 0 Å². The lowest BCUT2D eigenvalue weighted by molar-refractivity contribution is 0.450. The predicted molar refractivity (Wildman–Crippen MR) is 54.4 cm³/mol. The molecule has 3 saturated carbocycles. The molecule has 2 nitrogen and oxygen atoms in total. The number of nitrogens with one attached hydrogen (secondary N) is 1. The summed E-state index contributed by atoms with van der Waals surface area (Å²) in [5.41, 5.74) is 0. The molecule has 0 amide bonds. The fraction of sp³-hybridized carbons (Fsp3) is 0.917. The zero-order valence-corrected chi connectivity index (χ0v) is 8.74. The van der Waals surface area contributed by atoms with Crippen molar-refractivity contribution < 1.29 is 0 Å². The molecule has 14 heavy (non-hydrogen) atoms. The number of fused-ring (bicyclic) bond motifs is 5. The van der Waals surface area contributed by atoms with E-state index < -0.39 is 0 Å². The normalized spacial score (nSPS) is 49.9. The Bertz CT molecular complexity index is 265. The van der Waals surface area contributed by atoms with Gasteiger partial charge in [0.05, 0.1) is 12.0 Å². The van der Waals surface area contributed by atoms with Crippen LogP contribution in [0.3, 0.4) is 0 Å². The van der Waals surface area contributed by atoms with Gasteiger partial charge in [0, 0.05) is 12.6 Å². The third-order valence-corrected chi connectivity index (χ3v) is 4.62. The van der Waals surface area contributed by atoms with Gasteiger partial charge < -0.3 is 5.32 Å². The summed E-state index contributed by atoms with van der Waals surface area (Å²) in [7, 11) is 0. The first-order chi connectivity index (χ1) is 6.81. The highest BCUT2D eigenvalue weighted by Gasteiger charge is 2.64. The highest BCUT2D eigenvalue weighted by Crippen LogP contribution is 2.65. The van der Waals surface area contributed by atoms with Crippen LogP contribution in [0.5, 0.6) is 0 Å². The van der Waals surface area contributed by atoms with Crippen molar-refractivity contribution in [2.45, 2.75) is 32.2 Å². The van der Waals surface area contributed by atoms with Gasteiger partial charge in [-0.3, -0.25) is 0 Å². The Morgan fingerprint density at radius 1 is 1.36 bits per heavy atom. The Hall–Kier alpha value is -0.550. The van der Waals surface area contributed by atoms with Crippen LogP contribution in [0.4, 0.5) is 0 Å². The summed E-state index contributed by atoms with van der Waals surface area (Å²) in [5.74, 6) is 4.26. The molecule has 5 atom stereocenters. The molecule has 0 radical (unpaired) electrons. The topological polar surface area (TPSA) is 35.8 Å². The molecule has 0 aliphatic heterocycles. The number of hydrogen-bond acceptors (Lipinski definition) is 2. The maximum absolute atomic E-state index is 8.70. The molecular formula is C12H18N2. The lowest BCUT2D eigenvalue weighted by Gasteiger charge is -2.10. The minimum Gasteiger partial charge on any atom is -0.312 e. The Balaban J connectivity index is 1.53. The zero-order valence-electron chi connectivity index (χ0n) is 8.74. The van der Waals surface area contributed by atoms with Crippen LogP contribution in [0, 0.1) is 40.9 Å². The van der Waals surface area contributed by atoms with E-state index in [0.717, 1.165) is 36.3 Å². The molecule has 0 aromatic carbocycles. The molecule has 0 spiro atoms. The van der Waals surface area contributed by atoms with E-state index in [9.17, 15) is 0 Å². The Morgan fingerprint density at radius 3 is 2.57 bits per heavy atom. The molecule has 76 valence electrons. The van der Waals surface area contributed by atoms with Crippen LogP contribution in [0.15, 0.2) is 0 Å². The standard InChI is InChI=1S/C12H18N2/c1-7(5-13)6-14-12-10-8-2-3-9(4-8)11(10)12/h7-12,14H,2-4,6H2,1H3. The van der Waals surface area contributed by atoms with Crippen LogP contribution in [0.1, 0.15) is 26.2 Å². The summed E-state index contributed by atoms with van der Waals surface area (Å²) in [6, 6.07) is 3.08. The lowest BCUT2D eigenvalue weighted by Crippen LogP contribution is -2.27. The first-order valence-electron chi connectivity index (χ1n) is 5.94. The molecule has 3 aliphatic carbocycles. The third-order valence-electron chi connectivity index (χ3n) is 4.62. The molecule has 2 heteroatoms. The Labute approximate surface area is 85.7 Å². The second kappa shape index (κ2) is 2.97. The molecule has 3 rings (SSSR count). The van der Waals surface area contributed by atoms with E-state index in [-0.39, 0.29) is 5.92 Å². The smallest absolute Gasteiger partial charge is 0.0666 e. The SMILES string of the molecule is CC(C#N)CNC1C2C3CCC(C3)C12. The first-order valence-corrected chi connectivity index (χ1v) is 5.94. The number of nitrogens with zero attached hydrogens (tertiary/aromatic N) is 1. The van der Waals surface area contributed by atoms with Crippen molar-refractivity contribution in [3.8, 4) is 6.07 Å². The van der Waals surface area contributed by atoms with Crippen LogP contribution >= 0.6 is 0 Å². The van der Waals surface area contributed by atoms with Gasteiger partial charge in [-0.15, -0.1) is 0 Å². The van der Waals surface area contributed by atoms with E-state index in [2.05, 4.69) is 11.4 Å². The highest BCUT2D eigenvalue weighted by molar-refractivity contribution is 5.16. The third kappa shape index (κ3) is 1.12. The van der Waals surface area contributed by atoms with Crippen LogP contribution < -0.4 is 5.32 Å². The maximum Gasteiger partial charge on any atom is 0.0666 e. The molecule has 0 saturated heterocycles. The van der Waals surface area contributed by atoms with Crippen molar-refractivity contribution in [3.05, 3.63) is 0 Å². The second-order valence-corrected chi connectivity index (χ2v) is 5.45. The molecule has 3 fully saturated rings. The van der Waals surface area contributed by atoms with Crippen molar-refractivity contribution in [1.82, 2.24) is 5.32 Å². The molecule has 0 aromatic heterocycles. The molecule has 3 aliphatic rings. The quantitative estimate of drug-likeness (QED) is 0.736. The molecule has 0 aromatic rings. The number of rotatable bonds is 3. The van der Waals surface area contributed by atoms with Crippen molar-refractivity contribution in [2.24, 2.45) is 29.6 Å². The molecular weight excluding hydrogens is 172 g/mol. The molecule has 1 N–H and O–H groups in total. The van der Waals surface area contributed by atoms with Gasteiger partial charge in [-0.25, -0.2) is 0 Å². The van der Waals surface area contributed by atoms with Crippen LogP contribution in [-0.2, 0) is 0 Å². The van der Waals surface area contributed by atoms with Gasteiger partial charge in [0.25, 0.3) is 0 Å². The van der Waals surface area contributed by atoms with Gasteiger partial charge >= 0.3 is 0 Å². The van der Waals surface area contributed by atoms with Crippen molar-refractivity contribution >= 4 is 0 Å². The fourth-order valence-electron chi connectivity index (χ4n) is 3.96. The van der Waals surface area contributed by atoms with Crippen LogP contribution in [-0.4, -0.2) is 12.6 Å². The van der Waals surface area contributed by atoms with Crippen LogP contribution in [0.25, 0.3) is 0 Å². The number of nitriles is 1. The summed E-state index contributed by atoms with van der Waals surface area (Å²) in [6.07, 6.45) is 4.48. The van der Waals surface area contributed by atoms with E-state index >= 15 is 0 Å². The van der Waals surface area contributed by atoms with E-state index in [1.165, 1.54) is 19.3 Å². The minimum atomic E-state index is 0.175. The van der Waals surface area contributed by atoms with E-state index in [1.807, 2.05) is 6.92 Å². The summed E-state index contributed by atoms with van der Waals surface area (Å²) < 4.78 is 0. The van der Waals surface area contributed by atoms with Crippen molar-refractivity contribution in [2.75, 3.05) is 6.54 Å². The second-order valence-electron chi connectivity index (χ2n) is 5.45. The highest BCUT2D eigenvalue weighted by atomic mass is 15.0. The first kappa shape index (κ1) is 8.73. The Morgan fingerprint density at radius 2 is 2.00 bits per heavy atom. The summed E-state index contributed by atoms with van der Waals surface area (Å²) in [4.78, 5) is 0. The summed E-state index contributed by atoms with van der Waals surface area (Å²) >= 11 is 0. The number of hydrogen-bond donors (Lipinski definition) is 1.